The number of aryl methyl sites for hydroxylation is 1. The van der Waals surface area contributed by atoms with E-state index in [0.717, 1.165) is 5.92 Å². The van der Waals surface area contributed by atoms with E-state index in [4.69, 9.17) is 0 Å². The molecule has 0 spiro atoms. The van der Waals surface area contributed by atoms with E-state index in [0.29, 0.717) is 0 Å². The molecule has 0 amide bonds. The van der Waals surface area contributed by atoms with Gasteiger partial charge in [-0.2, -0.15) is 0 Å². The average molecular weight is 286 g/mol. The number of hydrogen-bond donors (Lipinski definition) is 2. The molecule has 0 bridgehead atoms. The van der Waals surface area contributed by atoms with E-state index in [1.54, 1.807) is 4.90 Å². The SMILES string of the molecule is Cc1cccc(C[NH+]2CC[NH+](C[C@@H]3CC=CCC3)CC2)c1. The quantitative estimate of drug-likeness (QED) is 0.752. The van der Waals surface area contributed by atoms with Crippen molar-refractivity contribution < 1.29 is 9.80 Å². The van der Waals surface area contributed by atoms with Crippen molar-refractivity contribution in [2.75, 3.05) is 32.7 Å². The summed E-state index contributed by atoms with van der Waals surface area (Å²) >= 11 is 0. The van der Waals surface area contributed by atoms with Gasteiger partial charge in [0.15, 0.2) is 0 Å². The Hall–Kier alpha value is -1.12. The topological polar surface area (TPSA) is 8.88 Å². The summed E-state index contributed by atoms with van der Waals surface area (Å²) in [6.07, 6.45) is 8.80. The lowest BCUT2D eigenvalue weighted by Gasteiger charge is -2.32. The van der Waals surface area contributed by atoms with E-state index in [1.165, 1.54) is 69.7 Å². The molecule has 2 nitrogen and oxygen atoms in total. The van der Waals surface area contributed by atoms with Crippen LogP contribution >= 0.6 is 0 Å². The number of quaternary nitrogens is 2. The molecule has 21 heavy (non-hydrogen) atoms. The maximum Gasteiger partial charge on any atom is 0.127 e. The number of benzene rings is 1. The van der Waals surface area contributed by atoms with E-state index >= 15 is 0 Å². The molecule has 3 rings (SSSR count). The zero-order valence-corrected chi connectivity index (χ0v) is 13.4. The summed E-state index contributed by atoms with van der Waals surface area (Å²) in [6, 6.07) is 9.02. The Morgan fingerprint density at radius 2 is 1.86 bits per heavy atom. The second-order valence-corrected chi connectivity index (χ2v) is 7.02. The molecule has 0 saturated carbocycles. The Bertz CT molecular complexity index is 472. The van der Waals surface area contributed by atoms with Gasteiger partial charge in [0.05, 0.1) is 6.54 Å². The van der Waals surface area contributed by atoms with Gasteiger partial charge in [-0.05, 0) is 26.2 Å². The minimum absolute atomic E-state index is 0.948. The number of piperazine rings is 1. The van der Waals surface area contributed by atoms with Crippen molar-refractivity contribution in [2.24, 2.45) is 5.92 Å². The van der Waals surface area contributed by atoms with Crippen LogP contribution in [0.1, 0.15) is 30.4 Å². The molecule has 0 aromatic heterocycles. The first kappa shape index (κ1) is 14.8. The predicted octanol–water partition coefficient (Wildman–Crippen LogP) is 0.635. The van der Waals surface area contributed by atoms with Gasteiger partial charge in [-0.1, -0.05) is 42.0 Å². The molecule has 1 aromatic rings. The normalized spacial score (nSPS) is 29.5. The van der Waals surface area contributed by atoms with Crippen molar-refractivity contribution in [3.05, 3.63) is 47.5 Å². The zero-order chi connectivity index (χ0) is 14.5. The molecule has 2 N–H and O–H groups in total. The molecule has 0 radical (unpaired) electrons. The van der Waals surface area contributed by atoms with Crippen LogP contribution in [0.5, 0.6) is 0 Å². The lowest BCUT2D eigenvalue weighted by molar-refractivity contribution is -1.02. The minimum Gasteiger partial charge on any atom is -0.325 e. The minimum atomic E-state index is 0.948. The molecule has 1 aliphatic carbocycles. The molecule has 1 aromatic carbocycles. The highest BCUT2D eigenvalue weighted by molar-refractivity contribution is 5.21. The lowest BCUT2D eigenvalue weighted by Crippen LogP contribution is -3.27. The fraction of sp³-hybridized carbons (Fsp3) is 0.579. The van der Waals surface area contributed by atoms with Crippen molar-refractivity contribution in [3.8, 4) is 0 Å². The summed E-state index contributed by atoms with van der Waals surface area (Å²) in [6.45, 7) is 10.2. The molecule has 1 saturated heterocycles. The molecule has 2 aliphatic rings. The Balaban J connectivity index is 1.43. The molecule has 1 heterocycles. The van der Waals surface area contributed by atoms with Crippen molar-refractivity contribution in [1.29, 1.82) is 0 Å². The molecule has 114 valence electrons. The van der Waals surface area contributed by atoms with Crippen molar-refractivity contribution >= 4 is 0 Å². The first-order chi connectivity index (χ1) is 10.3. The fourth-order valence-electron chi connectivity index (χ4n) is 3.90. The third-order valence-corrected chi connectivity index (χ3v) is 5.16. The monoisotopic (exact) mass is 286 g/mol. The van der Waals surface area contributed by atoms with Gasteiger partial charge in [0.1, 0.15) is 32.7 Å². The van der Waals surface area contributed by atoms with E-state index in [9.17, 15) is 0 Å². The number of hydrogen-bond acceptors (Lipinski definition) is 0. The summed E-state index contributed by atoms with van der Waals surface area (Å²) < 4.78 is 0. The van der Waals surface area contributed by atoms with Gasteiger partial charge >= 0.3 is 0 Å². The summed E-state index contributed by atoms with van der Waals surface area (Å²) in [5, 5.41) is 0. The van der Waals surface area contributed by atoms with Crippen LogP contribution in [0.4, 0.5) is 0 Å². The standard InChI is InChI=1S/C19H28N2/c1-17-6-5-9-19(14-17)16-21-12-10-20(11-13-21)15-18-7-3-2-4-8-18/h2-3,5-6,9,14,18H,4,7-8,10-13,15-16H2,1H3/p+2/t18-/m1/s1. The summed E-state index contributed by atoms with van der Waals surface area (Å²) in [4.78, 5) is 3.62. The van der Waals surface area contributed by atoms with Gasteiger partial charge in [-0.15, -0.1) is 0 Å². The van der Waals surface area contributed by atoms with Crippen LogP contribution in [0, 0.1) is 12.8 Å². The molecule has 0 unspecified atom stereocenters. The van der Waals surface area contributed by atoms with E-state index in [2.05, 4.69) is 43.3 Å². The first-order valence-corrected chi connectivity index (χ1v) is 8.67. The number of allylic oxidation sites excluding steroid dienone is 2. The largest absolute Gasteiger partial charge is 0.325 e. The Morgan fingerprint density at radius 3 is 2.57 bits per heavy atom. The van der Waals surface area contributed by atoms with E-state index < -0.39 is 0 Å². The third-order valence-electron chi connectivity index (χ3n) is 5.16. The Kier molecular flexibility index (Phi) is 5.10. The molecule has 1 atom stereocenters. The average Bonchev–Trinajstić information content (AvgIpc) is 2.50. The second-order valence-electron chi connectivity index (χ2n) is 7.02. The lowest BCUT2D eigenvalue weighted by atomic mass is 9.94. The van der Waals surface area contributed by atoms with Crippen LogP contribution in [0.2, 0.25) is 0 Å². The second kappa shape index (κ2) is 7.24. The van der Waals surface area contributed by atoms with Gasteiger partial charge in [0.25, 0.3) is 0 Å². The first-order valence-electron chi connectivity index (χ1n) is 8.67. The van der Waals surface area contributed by atoms with Crippen molar-refractivity contribution in [1.82, 2.24) is 0 Å². The summed E-state index contributed by atoms with van der Waals surface area (Å²) in [7, 11) is 0. The molecular weight excluding hydrogens is 256 g/mol. The molecule has 2 heteroatoms. The fourth-order valence-corrected chi connectivity index (χ4v) is 3.90. The summed E-state index contributed by atoms with van der Waals surface area (Å²) in [5.41, 5.74) is 2.90. The van der Waals surface area contributed by atoms with Crippen LogP contribution in [0.3, 0.4) is 0 Å². The molecular formula is C19H30N2+2. The maximum atomic E-state index is 2.40. The van der Waals surface area contributed by atoms with Crippen LogP contribution in [-0.4, -0.2) is 32.7 Å². The predicted molar refractivity (Wildman–Crippen MR) is 87.6 cm³/mol. The zero-order valence-electron chi connectivity index (χ0n) is 13.4. The number of rotatable bonds is 4. The van der Waals surface area contributed by atoms with E-state index in [-0.39, 0.29) is 0 Å². The smallest absolute Gasteiger partial charge is 0.127 e. The van der Waals surface area contributed by atoms with Gasteiger partial charge in [0, 0.05) is 11.5 Å². The van der Waals surface area contributed by atoms with Crippen LogP contribution in [0.25, 0.3) is 0 Å². The molecule has 1 fully saturated rings. The summed E-state index contributed by atoms with van der Waals surface area (Å²) in [5.74, 6) is 0.948. The van der Waals surface area contributed by atoms with E-state index in [1.807, 2.05) is 4.90 Å². The number of nitrogens with one attached hydrogen (secondary N) is 2. The van der Waals surface area contributed by atoms with Gasteiger partial charge in [-0.3, -0.25) is 0 Å². The Labute approximate surface area is 129 Å². The maximum absolute atomic E-state index is 2.40. The van der Waals surface area contributed by atoms with Gasteiger partial charge in [-0.25, -0.2) is 0 Å². The highest BCUT2D eigenvalue weighted by Crippen LogP contribution is 2.15. The van der Waals surface area contributed by atoms with Crippen molar-refractivity contribution in [2.45, 2.75) is 32.7 Å². The van der Waals surface area contributed by atoms with Crippen LogP contribution in [-0.2, 0) is 6.54 Å². The highest BCUT2D eigenvalue weighted by atomic mass is 15.3. The van der Waals surface area contributed by atoms with Gasteiger partial charge < -0.3 is 9.80 Å². The highest BCUT2D eigenvalue weighted by Gasteiger charge is 2.25. The van der Waals surface area contributed by atoms with Crippen LogP contribution in [0.15, 0.2) is 36.4 Å². The third kappa shape index (κ3) is 4.42. The van der Waals surface area contributed by atoms with Gasteiger partial charge in [0.2, 0.25) is 0 Å². The molecule has 1 aliphatic heterocycles. The van der Waals surface area contributed by atoms with Crippen molar-refractivity contribution in [3.63, 3.8) is 0 Å². The Morgan fingerprint density at radius 1 is 1.05 bits per heavy atom. The van der Waals surface area contributed by atoms with Crippen LogP contribution < -0.4 is 9.80 Å².